The fourth-order valence-electron chi connectivity index (χ4n) is 2.81. The minimum atomic E-state index is -0.398. The van der Waals surface area contributed by atoms with Gasteiger partial charge < -0.3 is 14.4 Å². The Morgan fingerprint density at radius 2 is 1.88 bits per heavy atom. The normalized spacial score (nSPS) is 17.1. The first-order valence-electron chi connectivity index (χ1n) is 9.12. The number of benzene rings is 1. The summed E-state index contributed by atoms with van der Waals surface area (Å²) in [5.74, 6) is 0.0796. The second-order valence-electron chi connectivity index (χ2n) is 6.15. The van der Waals surface area contributed by atoms with Crippen LogP contribution in [0.1, 0.15) is 19.4 Å². The van der Waals surface area contributed by atoms with Gasteiger partial charge >= 0.3 is 0 Å². The van der Waals surface area contributed by atoms with Crippen LogP contribution >= 0.6 is 0 Å². The van der Waals surface area contributed by atoms with Gasteiger partial charge in [0.05, 0.1) is 13.2 Å². The van der Waals surface area contributed by atoms with Crippen molar-refractivity contribution in [2.45, 2.75) is 20.0 Å². The van der Waals surface area contributed by atoms with E-state index in [1.165, 1.54) is 5.56 Å². The van der Waals surface area contributed by atoms with Crippen LogP contribution in [0.15, 0.2) is 36.4 Å². The molecular weight excluding hydrogens is 316 g/mol. The van der Waals surface area contributed by atoms with Gasteiger partial charge in [-0.05, 0) is 19.4 Å². The first-order chi connectivity index (χ1) is 12.2. The summed E-state index contributed by atoms with van der Waals surface area (Å²) in [6, 6.07) is 10.3. The lowest BCUT2D eigenvalue weighted by molar-refractivity contribution is -0.145. The van der Waals surface area contributed by atoms with Crippen LogP contribution < -0.4 is 0 Å². The highest BCUT2D eigenvalue weighted by molar-refractivity contribution is 5.80. The monoisotopic (exact) mass is 346 g/mol. The average Bonchev–Trinajstić information content (AvgIpc) is 2.66. The van der Waals surface area contributed by atoms with Crippen molar-refractivity contribution in [3.63, 3.8) is 0 Å². The van der Waals surface area contributed by atoms with Crippen molar-refractivity contribution in [1.29, 1.82) is 0 Å². The molecule has 5 heteroatoms. The number of rotatable bonds is 9. The molecule has 5 nitrogen and oxygen atoms in total. The topological polar surface area (TPSA) is 42.0 Å². The summed E-state index contributed by atoms with van der Waals surface area (Å²) >= 11 is 0. The summed E-state index contributed by atoms with van der Waals surface area (Å²) in [6.45, 7) is 9.68. The summed E-state index contributed by atoms with van der Waals surface area (Å²) in [4.78, 5) is 16.7. The molecule has 1 heterocycles. The first-order valence-corrected chi connectivity index (χ1v) is 9.12. The molecule has 0 aliphatic carbocycles. The van der Waals surface area contributed by atoms with Crippen LogP contribution in [0.2, 0.25) is 0 Å². The largest absolute Gasteiger partial charge is 0.379 e. The first kappa shape index (κ1) is 19.6. The summed E-state index contributed by atoms with van der Waals surface area (Å²) in [6.07, 6.45) is 3.93. The lowest BCUT2D eigenvalue weighted by Crippen LogP contribution is -2.51. The molecule has 1 aromatic carbocycles. The SMILES string of the molecule is CCOCCOC(C)C(=O)N1CCN(CC=Cc2ccccc2)CC1. The van der Waals surface area contributed by atoms with E-state index in [4.69, 9.17) is 9.47 Å². The second kappa shape index (κ2) is 11.0. The molecule has 1 unspecified atom stereocenters. The molecule has 1 amide bonds. The third-order valence-electron chi connectivity index (χ3n) is 4.30. The molecule has 0 saturated carbocycles. The van der Waals surface area contributed by atoms with E-state index in [1.54, 1.807) is 0 Å². The molecule has 1 saturated heterocycles. The maximum absolute atomic E-state index is 12.4. The predicted molar refractivity (Wildman–Crippen MR) is 100 cm³/mol. The number of carbonyl (C=O) groups is 1. The molecule has 25 heavy (non-hydrogen) atoms. The van der Waals surface area contributed by atoms with Gasteiger partial charge in [0, 0.05) is 39.3 Å². The van der Waals surface area contributed by atoms with Gasteiger partial charge in [-0.1, -0.05) is 42.5 Å². The Labute approximate surface area is 151 Å². The summed E-state index contributed by atoms with van der Waals surface area (Å²) in [5.41, 5.74) is 1.22. The maximum Gasteiger partial charge on any atom is 0.251 e. The number of ether oxygens (including phenoxy) is 2. The molecule has 1 atom stereocenters. The number of carbonyl (C=O) groups excluding carboxylic acids is 1. The Morgan fingerprint density at radius 1 is 1.16 bits per heavy atom. The van der Waals surface area contributed by atoms with Crippen LogP contribution in [0.3, 0.4) is 0 Å². The number of hydrogen-bond donors (Lipinski definition) is 0. The fraction of sp³-hybridized carbons (Fsp3) is 0.550. The quantitative estimate of drug-likeness (QED) is 0.644. The Hall–Kier alpha value is -1.69. The Balaban J connectivity index is 1.66. The van der Waals surface area contributed by atoms with Gasteiger partial charge in [0.15, 0.2) is 0 Å². The Morgan fingerprint density at radius 3 is 2.56 bits per heavy atom. The third-order valence-corrected chi connectivity index (χ3v) is 4.30. The number of amides is 1. The molecule has 138 valence electrons. The van der Waals surface area contributed by atoms with Crippen LogP contribution in [-0.4, -0.2) is 74.4 Å². The summed E-state index contributed by atoms with van der Waals surface area (Å²) in [7, 11) is 0. The molecule has 0 aromatic heterocycles. The van der Waals surface area contributed by atoms with Crippen LogP contribution in [0.5, 0.6) is 0 Å². The molecule has 0 bridgehead atoms. The van der Waals surface area contributed by atoms with Crippen molar-refractivity contribution in [1.82, 2.24) is 9.80 Å². The van der Waals surface area contributed by atoms with Crippen molar-refractivity contribution < 1.29 is 14.3 Å². The molecular formula is C20H30N2O3. The van der Waals surface area contributed by atoms with Gasteiger partial charge in [-0.25, -0.2) is 0 Å². The van der Waals surface area contributed by atoms with Gasteiger partial charge in [-0.15, -0.1) is 0 Å². The van der Waals surface area contributed by atoms with E-state index in [-0.39, 0.29) is 5.91 Å². The zero-order chi connectivity index (χ0) is 17.9. The van der Waals surface area contributed by atoms with E-state index in [0.29, 0.717) is 19.8 Å². The van der Waals surface area contributed by atoms with E-state index in [0.717, 1.165) is 32.7 Å². The minimum Gasteiger partial charge on any atom is -0.379 e. The van der Waals surface area contributed by atoms with Crippen molar-refractivity contribution in [2.75, 3.05) is 52.5 Å². The van der Waals surface area contributed by atoms with E-state index in [9.17, 15) is 4.79 Å². The molecule has 0 spiro atoms. The molecule has 0 N–H and O–H groups in total. The van der Waals surface area contributed by atoms with Gasteiger partial charge in [-0.3, -0.25) is 9.69 Å². The van der Waals surface area contributed by atoms with Gasteiger partial charge in [-0.2, -0.15) is 0 Å². The number of nitrogens with zero attached hydrogens (tertiary/aromatic N) is 2. The predicted octanol–water partition coefficient (Wildman–Crippen LogP) is 2.29. The second-order valence-corrected chi connectivity index (χ2v) is 6.15. The van der Waals surface area contributed by atoms with E-state index < -0.39 is 6.10 Å². The van der Waals surface area contributed by atoms with Gasteiger partial charge in [0.2, 0.25) is 0 Å². The van der Waals surface area contributed by atoms with Gasteiger partial charge in [0.1, 0.15) is 6.10 Å². The van der Waals surface area contributed by atoms with Crippen LogP contribution in [-0.2, 0) is 14.3 Å². The lowest BCUT2D eigenvalue weighted by Gasteiger charge is -2.35. The fourth-order valence-corrected chi connectivity index (χ4v) is 2.81. The Kier molecular flexibility index (Phi) is 8.66. The maximum atomic E-state index is 12.4. The number of piperazine rings is 1. The van der Waals surface area contributed by atoms with E-state index in [1.807, 2.05) is 36.9 Å². The Bertz CT molecular complexity index is 525. The molecule has 2 rings (SSSR count). The van der Waals surface area contributed by atoms with Crippen molar-refractivity contribution in [3.8, 4) is 0 Å². The summed E-state index contributed by atoms with van der Waals surface area (Å²) < 4.78 is 10.8. The van der Waals surface area contributed by atoms with Crippen molar-refractivity contribution in [2.24, 2.45) is 0 Å². The van der Waals surface area contributed by atoms with Crippen LogP contribution in [0.4, 0.5) is 0 Å². The highest BCUT2D eigenvalue weighted by Gasteiger charge is 2.24. The molecule has 0 radical (unpaired) electrons. The highest BCUT2D eigenvalue weighted by atomic mass is 16.5. The zero-order valence-corrected chi connectivity index (χ0v) is 15.4. The molecule has 1 aliphatic heterocycles. The van der Waals surface area contributed by atoms with Crippen molar-refractivity contribution >= 4 is 12.0 Å². The molecule has 1 fully saturated rings. The van der Waals surface area contributed by atoms with Crippen LogP contribution in [0.25, 0.3) is 6.08 Å². The van der Waals surface area contributed by atoms with E-state index >= 15 is 0 Å². The third kappa shape index (κ3) is 6.98. The standard InChI is InChI=1S/C20H30N2O3/c1-3-24-16-17-25-18(2)20(23)22-14-12-21(13-15-22)11-7-10-19-8-5-4-6-9-19/h4-10,18H,3,11-17H2,1-2H3. The van der Waals surface area contributed by atoms with Gasteiger partial charge in [0.25, 0.3) is 5.91 Å². The zero-order valence-electron chi connectivity index (χ0n) is 15.4. The molecule has 1 aliphatic rings. The van der Waals surface area contributed by atoms with E-state index in [2.05, 4.69) is 29.2 Å². The average molecular weight is 346 g/mol. The lowest BCUT2D eigenvalue weighted by atomic mass is 10.2. The van der Waals surface area contributed by atoms with Crippen LogP contribution in [0, 0.1) is 0 Å². The molecule has 1 aromatic rings. The minimum absolute atomic E-state index is 0.0796. The number of hydrogen-bond acceptors (Lipinski definition) is 4. The smallest absolute Gasteiger partial charge is 0.251 e. The highest BCUT2D eigenvalue weighted by Crippen LogP contribution is 2.07. The summed E-state index contributed by atoms with van der Waals surface area (Å²) in [5, 5.41) is 0. The van der Waals surface area contributed by atoms with Crippen molar-refractivity contribution in [3.05, 3.63) is 42.0 Å².